The van der Waals surface area contributed by atoms with Gasteiger partial charge in [0.25, 0.3) is 0 Å². The molecule has 0 unspecified atom stereocenters. The molecule has 2 heteroatoms. The highest BCUT2D eigenvalue weighted by atomic mass is 16.5. The van der Waals surface area contributed by atoms with E-state index in [0.29, 0.717) is 0 Å². The molecule has 30 heavy (non-hydrogen) atoms. The van der Waals surface area contributed by atoms with Crippen LogP contribution in [0.5, 0.6) is 5.75 Å². The quantitative estimate of drug-likeness (QED) is 0.459. The van der Waals surface area contributed by atoms with Crippen molar-refractivity contribution in [2.24, 2.45) is 0 Å². The van der Waals surface area contributed by atoms with E-state index in [9.17, 15) is 0 Å². The van der Waals surface area contributed by atoms with Crippen molar-refractivity contribution in [1.29, 1.82) is 0 Å². The Labute approximate surface area is 177 Å². The summed E-state index contributed by atoms with van der Waals surface area (Å²) in [5.74, 6) is 2.00. The van der Waals surface area contributed by atoms with Gasteiger partial charge in [0.2, 0.25) is 0 Å². The third kappa shape index (κ3) is 2.43. The molecule has 0 amide bonds. The van der Waals surface area contributed by atoms with Gasteiger partial charge in [0, 0.05) is 47.1 Å². The third-order valence-corrected chi connectivity index (χ3v) is 6.47. The summed E-state index contributed by atoms with van der Waals surface area (Å²) < 4.78 is 6.61. The van der Waals surface area contributed by atoms with Gasteiger partial charge in [-0.05, 0) is 54.3 Å². The lowest BCUT2D eigenvalue weighted by molar-refractivity contribution is 0.425. The number of allylic oxidation sites excluding steroid dienone is 3. The van der Waals surface area contributed by atoms with E-state index in [1.807, 2.05) is 0 Å². The molecule has 0 fully saturated rings. The van der Waals surface area contributed by atoms with Crippen LogP contribution in [0.25, 0.3) is 5.57 Å². The summed E-state index contributed by atoms with van der Waals surface area (Å²) in [5.41, 5.74) is 11.3. The maximum Gasteiger partial charge on any atom is 0.140 e. The van der Waals surface area contributed by atoms with Gasteiger partial charge < -0.3 is 9.64 Å². The van der Waals surface area contributed by atoms with Crippen molar-refractivity contribution in [2.75, 3.05) is 11.9 Å². The third-order valence-electron chi connectivity index (χ3n) is 6.47. The van der Waals surface area contributed by atoms with E-state index in [0.717, 1.165) is 24.4 Å². The molecule has 0 spiro atoms. The highest BCUT2D eigenvalue weighted by Gasteiger charge is 2.31. The lowest BCUT2D eigenvalue weighted by Gasteiger charge is -2.35. The van der Waals surface area contributed by atoms with Crippen LogP contribution >= 0.6 is 0 Å². The molecule has 0 aromatic heterocycles. The number of ether oxygens (including phenoxy) is 1. The van der Waals surface area contributed by atoms with E-state index in [1.54, 1.807) is 0 Å². The second-order valence-electron chi connectivity index (χ2n) is 8.22. The maximum atomic E-state index is 6.61. The van der Waals surface area contributed by atoms with Crippen molar-refractivity contribution < 1.29 is 4.74 Å². The molecule has 0 bridgehead atoms. The highest BCUT2D eigenvalue weighted by Crippen LogP contribution is 2.50. The smallest absolute Gasteiger partial charge is 0.140 e. The minimum atomic E-state index is 0.887. The van der Waals surface area contributed by atoms with Crippen LogP contribution in [-0.2, 0) is 6.42 Å². The molecular weight excluding hydrogens is 366 g/mol. The molecule has 0 saturated heterocycles. The first-order valence-electron chi connectivity index (χ1n) is 10.6. The van der Waals surface area contributed by atoms with Gasteiger partial charge >= 0.3 is 0 Å². The van der Waals surface area contributed by atoms with Gasteiger partial charge in [-0.1, -0.05) is 54.6 Å². The van der Waals surface area contributed by atoms with E-state index >= 15 is 0 Å². The highest BCUT2D eigenvalue weighted by molar-refractivity contribution is 5.94. The van der Waals surface area contributed by atoms with Gasteiger partial charge in [-0.15, -0.1) is 0 Å². The lowest BCUT2D eigenvalue weighted by atomic mass is 9.83. The number of hydrogen-bond acceptors (Lipinski definition) is 2. The van der Waals surface area contributed by atoms with Crippen LogP contribution in [0.15, 0.2) is 90.2 Å². The van der Waals surface area contributed by atoms with Gasteiger partial charge in [0.05, 0.1) is 0 Å². The SMILES string of the molecule is Cc1ccccc1C1=C2C=CCC=C2Oc2c1ccc1c2Cc2ccccc2N1C. The topological polar surface area (TPSA) is 12.5 Å². The van der Waals surface area contributed by atoms with Crippen LogP contribution in [0.1, 0.15) is 34.2 Å². The molecule has 146 valence electrons. The van der Waals surface area contributed by atoms with E-state index < -0.39 is 0 Å². The number of hydrogen-bond donors (Lipinski definition) is 0. The second kappa shape index (κ2) is 6.50. The minimum absolute atomic E-state index is 0.887. The van der Waals surface area contributed by atoms with Crippen molar-refractivity contribution in [2.45, 2.75) is 19.8 Å². The summed E-state index contributed by atoms with van der Waals surface area (Å²) in [7, 11) is 2.15. The average molecular weight is 389 g/mol. The number of nitrogens with zero attached hydrogens (tertiary/aromatic N) is 1. The fraction of sp³-hybridized carbons (Fsp3) is 0.143. The molecule has 3 aliphatic rings. The predicted molar refractivity (Wildman–Crippen MR) is 123 cm³/mol. The Hall–Kier alpha value is -3.52. The molecule has 6 rings (SSSR count). The number of para-hydroxylation sites is 1. The lowest BCUT2D eigenvalue weighted by Crippen LogP contribution is -2.21. The molecule has 1 aliphatic carbocycles. The van der Waals surface area contributed by atoms with Gasteiger partial charge in [-0.3, -0.25) is 0 Å². The summed E-state index contributed by atoms with van der Waals surface area (Å²) in [6.45, 7) is 2.19. The van der Waals surface area contributed by atoms with Crippen molar-refractivity contribution in [3.8, 4) is 5.75 Å². The molecule has 2 nitrogen and oxygen atoms in total. The summed E-state index contributed by atoms with van der Waals surface area (Å²) >= 11 is 0. The molecular formula is C28H23NO. The fourth-order valence-electron chi connectivity index (χ4n) is 4.98. The van der Waals surface area contributed by atoms with Crippen molar-refractivity contribution in [1.82, 2.24) is 0 Å². The second-order valence-corrected chi connectivity index (χ2v) is 8.22. The largest absolute Gasteiger partial charge is 0.456 e. The molecule has 2 heterocycles. The monoisotopic (exact) mass is 389 g/mol. The summed E-state index contributed by atoms with van der Waals surface area (Å²) in [6.07, 6.45) is 8.44. The summed E-state index contributed by atoms with van der Waals surface area (Å²) in [4.78, 5) is 2.29. The Bertz CT molecular complexity index is 1290. The zero-order valence-corrected chi connectivity index (χ0v) is 17.3. The van der Waals surface area contributed by atoms with E-state index in [1.165, 1.54) is 50.3 Å². The molecule has 0 N–H and O–H groups in total. The van der Waals surface area contributed by atoms with Crippen LogP contribution < -0.4 is 9.64 Å². The summed E-state index contributed by atoms with van der Waals surface area (Å²) in [5, 5.41) is 0. The molecule has 0 saturated carbocycles. The van der Waals surface area contributed by atoms with Crippen LogP contribution in [0.2, 0.25) is 0 Å². The van der Waals surface area contributed by atoms with Crippen LogP contribution in [-0.4, -0.2) is 7.05 Å². The number of anilines is 2. The Kier molecular flexibility index (Phi) is 3.76. The maximum absolute atomic E-state index is 6.61. The number of fused-ring (bicyclic) bond motifs is 5. The van der Waals surface area contributed by atoms with Crippen LogP contribution in [0.3, 0.4) is 0 Å². The molecule has 3 aromatic carbocycles. The number of rotatable bonds is 1. The molecule has 3 aromatic rings. The first-order chi connectivity index (χ1) is 14.7. The van der Waals surface area contributed by atoms with Crippen molar-refractivity contribution in [3.05, 3.63) is 118 Å². The molecule has 0 atom stereocenters. The Morgan fingerprint density at radius 1 is 0.867 bits per heavy atom. The summed E-state index contributed by atoms with van der Waals surface area (Å²) in [6, 6.07) is 21.8. The van der Waals surface area contributed by atoms with Crippen molar-refractivity contribution >= 4 is 16.9 Å². The predicted octanol–water partition coefficient (Wildman–Crippen LogP) is 6.71. The van der Waals surface area contributed by atoms with E-state index in [-0.39, 0.29) is 0 Å². The Balaban J connectivity index is 1.63. The first-order valence-corrected chi connectivity index (χ1v) is 10.6. The van der Waals surface area contributed by atoms with Gasteiger partial charge in [0.15, 0.2) is 0 Å². The van der Waals surface area contributed by atoms with Crippen molar-refractivity contribution in [3.63, 3.8) is 0 Å². The van der Waals surface area contributed by atoms with Gasteiger partial charge in [0.1, 0.15) is 11.5 Å². The van der Waals surface area contributed by atoms with E-state index in [2.05, 4.69) is 97.8 Å². The normalized spacial score (nSPS) is 16.2. The van der Waals surface area contributed by atoms with Crippen LogP contribution in [0.4, 0.5) is 11.4 Å². The van der Waals surface area contributed by atoms with Gasteiger partial charge in [-0.2, -0.15) is 0 Å². The fourth-order valence-corrected chi connectivity index (χ4v) is 4.98. The Morgan fingerprint density at radius 3 is 2.60 bits per heavy atom. The van der Waals surface area contributed by atoms with Gasteiger partial charge in [-0.25, -0.2) is 0 Å². The minimum Gasteiger partial charge on any atom is -0.456 e. The molecule has 0 radical (unpaired) electrons. The van der Waals surface area contributed by atoms with E-state index in [4.69, 9.17) is 4.74 Å². The first kappa shape index (κ1) is 17.3. The molecule has 2 aliphatic heterocycles. The number of aryl methyl sites for hydroxylation is 1. The van der Waals surface area contributed by atoms with Crippen LogP contribution in [0, 0.1) is 6.92 Å². The zero-order valence-electron chi connectivity index (χ0n) is 17.3. The zero-order chi connectivity index (χ0) is 20.2. The number of benzene rings is 3. The average Bonchev–Trinajstić information content (AvgIpc) is 2.78. The standard InChI is InChI=1S/C28H23NO/c1-18-9-3-5-11-20(18)27-21-12-6-8-14-26(21)30-28-22(27)15-16-25-23(28)17-19-10-4-7-13-24(19)29(25)2/h3-7,9-16H,8,17H2,1-2H3. The Morgan fingerprint density at radius 2 is 1.70 bits per heavy atom.